The lowest BCUT2D eigenvalue weighted by atomic mass is 9.76. The molecule has 2 aromatic rings. The number of alkyl carbamates (subject to hydrolysis) is 1. The maximum atomic E-state index is 14.1. The van der Waals surface area contributed by atoms with E-state index in [0.717, 1.165) is 32.1 Å². The fraction of sp³-hybridized carbons (Fsp3) is 0.667. The minimum Gasteiger partial charge on any atom is -0.444 e. The van der Waals surface area contributed by atoms with Gasteiger partial charge in [-0.05, 0) is 109 Å². The topological polar surface area (TPSA) is 160 Å². The van der Waals surface area contributed by atoms with Gasteiger partial charge in [0.2, 0.25) is 11.8 Å². The summed E-state index contributed by atoms with van der Waals surface area (Å²) >= 11 is 0. The second-order valence-corrected chi connectivity index (χ2v) is 16.8. The zero-order chi connectivity index (χ0) is 36.2. The van der Waals surface area contributed by atoms with Gasteiger partial charge in [-0.25, -0.2) is 22.3 Å². The Bertz CT molecular complexity index is 1590. The van der Waals surface area contributed by atoms with Crippen LogP contribution in [0.1, 0.15) is 96.4 Å². The second kappa shape index (κ2) is 15.7. The van der Waals surface area contributed by atoms with Crippen molar-refractivity contribution >= 4 is 39.6 Å². The molecular formula is C36H52FN5O7S. The van der Waals surface area contributed by atoms with Crippen LogP contribution in [0.5, 0.6) is 0 Å². The molecule has 1 aromatic carbocycles. The van der Waals surface area contributed by atoms with Crippen LogP contribution in [0.2, 0.25) is 0 Å². The normalized spacial score (nSPS) is 24.0. The number of nitrogens with zero attached hydrogens (tertiary/aromatic N) is 2. The van der Waals surface area contributed by atoms with Crippen molar-refractivity contribution in [3.05, 3.63) is 35.7 Å². The number of likely N-dealkylation sites (tertiary alicyclic amines) is 1. The molecule has 3 fully saturated rings. The summed E-state index contributed by atoms with van der Waals surface area (Å²) in [6.45, 7) is 8.44. The number of sulfonamides is 1. The van der Waals surface area contributed by atoms with Crippen molar-refractivity contribution in [2.45, 2.75) is 121 Å². The standard InChI is InChI=1S/C36H52FN5O7S/c1-22-23(2)48-34(38-22)41-50(46,47)28-17-15-27(16-18-28)39-32(43)31-29(24-9-7-6-8-10-24)19-20-42(31)33(44)26-13-11-25(12-14-26)30(21-37)40-35(45)49-36(3,4)5/h15-18,24-26,29-31H,6-14,19-21H2,1-5H3,(H,38,41)(H,39,43)(H,40,45)/t25-,26-,29-,30+,31-/m0/s1. The Hall–Kier alpha value is -3.68. The summed E-state index contributed by atoms with van der Waals surface area (Å²) in [7, 11) is -3.98. The first-order chi connectivity index (χ1) is 23.6. The number of halogens is 1. The molecule has 276 valence electrons. The minimum absolute atomic E-state index is 0.0198. The maximum absolute atomic E-state index is 14.1. The lowest BCUT2D eigenvalue weighted by Crippen LogP contribution is -2.50. The SMILES string of the molecule is Cc1nc(NS(=O)(=O)c2ccc(NC(=O)[C@@H]3[C@H](C4CCCCC4)CCN3C(=O)[C@H]3CC[C@H]([C@@H](CF)NC(=O)OC(C)(C)C)CC3)cc2)oc1C. The number of hydrogen-bond donors (Lipinski definition) is 3. The van der Waals surface area contributed by atoms with Crippen molar-refractivity contribution in [2.24, 2.45) is 23.7 Å². The van der Waals surface area contributed by atoms with Crippen LogP contribution in [0.15, 0.2) is 33.6 Å². The Kier molecular flexibility index (Phi) is 11.8. The van der Waals surface area contributed by atoms with Gasteiger partial charge in [-0.2, -0.15) is 4.98 Å². The van der Waals surface area contributed by atoms with E-state index in [4.69, 9.17) is 9.15 Å². The Morgan fingerprint density at radius 1 is 1.00 bits per heavy atom. The molecule has 12 nitrogen and oxygen atoms in total. The maximum Gasteiger partial charge on any atom is 0.407 e. The molecule has 5 rings (SSSR count). The lowest BCUT2D eigenvalue weighted by molar-refractivity contribution is -0.142. The van der Waals surface area contributed by atoms with E-state index >= 15 is 0 Å². The van der Waals surface area contributed by atoms with Crippen molar-refractivity contribution in [1.82, 2.24) is 15.2 Å². The van der Waals surface area contributed by atoms with Gasteiger partial charge in [-0.1, -0.05) is 32.1 Å². The van der Waals surface area contributed by atoms with Gasteiger partial charge in [-0.15, -0.1) is 0 Å². The van der Waals surface area contributed by atoms with E-state index in [-0.39, 0.29) is 40.5 Å². The number of nitrogens with one attached hydrogen (secondary N) is 3. The van der Waals surface area contributed by atoms with Gasteiger partial charge < -0.3 is 24.7 Å². The molecule has 1 aromatic heterocycles. The van der Waals surface area contributed by atoms with Crippen molar-refractivity contribution in [3.63, 3.8) is 0 Å². The van der Waals surface area contributed by atoms with Gasteiger partial charge in [0.1, 0.15) is 24.1 Å². The molecule has 3 amide bonds. The number of rotatable bonds is 10. The molecule has 3 aliphatic rings. The Balaban J connectivity index is 1.25. The summed E-state index contributed by atoms with van der Waals surface area (Å²) in [6, 6.07) is 4.42. The van der Waals surface area contributed by atoms with Crippen molar-refractivity contribution in [2.75, 3.05) is 23.3 Å². The summed E-state index contributed by atoms with van der Waals surface area (Å²) in [6.07, 6.45) is 7.80. The van der Waals surface area contributed by atoms with E-state index in [0.29, 0.717) is 55.3 Å². The van der Waals surface area contributed by atoms with E-state index in [1.165, 1.54) is 30.7 Å². The lowest BCUT2D eigenvalue weighted by Gasteiger charge is -2.37. The van der Waals surface area contributed by atoms with Gasteiger partial charge in [0.15, 0.2) is 0 Å². The third-order valence-electron chi connectivity index (χ3n) is 10.5. The average molecular weight is 718 g/mol. The van der Waals surface area contributed by atoms with E-state index in [2.05, 4.69) is 20.3 Å². The summed E-state index contributed by atoms with van der Waals surface area (Å²) in [5, 5.41) is 5.65. The van der Waals surface area contributed by atoms with Gasteiger partial charge in [0.25, 0.3) is 10.0 Å². The Labute approximate surface area is 294 Å². The average Bonchev–Trinajstić information content (AvgIpc) is 3.65. The highest BCUT2D eigenvalue weighted by molar-refractivity contribution is 7.92. The number of alkyl halides is 1. The number of hydrogen-bond acceptors (Lipinski definition) is 8. The molecule has 0 spiro atoms. The highest BCUT2D eigenvalue weighted by atomic mass is 32.2. The zero-order valence-corrected chi connectivity index (χ0v) is 30.6. The highest BCUT2D eigenvalue weighted by Crippen LogP contribution is 2.41. The third-order valence-corrected chi connectivity index (χ3v) is 11.8. The molecule has 2 aliphatic carbocycles. The van der Waals surface area contributed by atoms with Crippen LogP contribution in [0.4, 0.5) is 20.9 Å². The number of carbonyl (C=O) groups excluding carboxylic acids is 3. The molecule has 0 unspecified atom stereocenters. The zero-order valence-electron chi connectivity index (χ0n) is 29.8. The molecule has 0 bridgehead atoms. The molecule has 1 aliphatic heterocycles. The monoisotopic (exact) mass is 717 g/mol. The quantitative estimate of drug-likeness (QED) is 0.251. The van der Waals surface area contributed by atoms with Crippen molar-refractivity contribution in [3.8, 4) is 0 Å². The molecule has 3 N–H and O–H groups in total. The second-order valence-electron chi connectivity index (χ2n) is 15.1. The Morgan fingerprint density at radius 3 is 2.24 bits per heavy atom. The van der Waals surface area contributed by atoms with Crippen LogP contribution in [0.3, 0.4) is 0 Å². The van der Waals surface area contributed by atoms with Crippen molar-refractivity contribution < 1.29 is 36.3 Å². The molecule has 50 heavy (non-hydrogen) atoms. The molecular weight excluding hydrogens is 665 g/mol. The van der Waals surface area contributed by atoms with Crippen LogP contribution in [-0.2, 0) is 24.3 Å². The summed E-state index contributed by atoms with van der Waals surface area (Å²) in [5.74, 6) is 0.148. The van der Waals surface area contributed by atoms with Gasteiger partial charge >= 0.3 is 12.1 Å². The summed E-state index contributed by atoms with van der Waals surface area (Å²) in [5.41, 5.74) is 0.313. The number of ether oxygens (including phenoxy) is 1. The number of carbonyl (C=O) groups is 3. The molecule has 14 heteroatoms. The van der Waals surface area contributed by atoms with Gasteiger partial charge in [0.05, 0.1) is 16.6 Å². The Morgan fingerprint density at radius 2 is 1.66 bits per heavy atom. The van der Waals surface area contributed by atoms with Crippen LogP contribution in [0.25, 0.3) is 0 Å². The summed E-state index contributed by atoms with van der Waals surface area (Å²) in [4.78, 5) is 46.3. The number of aromatic nitrogens is 1. The van der Waals surface area contributed by atoms with Crippen LogP contribution >= 0.6 is 0 Å². The van der Waals surface area contributed by atoms with Crippen LogP contribution < -0.4 is 15.4 Å². The first-order valence-corrected chi connectivity index (χ1v) is 19.4. The first kappa shape index (κ1) is 37.6. The molecule has 1 saturated heterocycles. The van der Waals surface area contributed by atoms with E-state index in [9.17, 15) is 27.2 Å². The number of oxazole rings is 1. The van der Waals surface area contributed by atoms with Crippen molar-refractivity contribution in [1.29, 1.82) is 0 Å². The molecule has 2 saturated carbocycles. The fourth-order valence-electron chi connectivity index (χ4n) is 7.82. The highest BCUT2D eigenvalue weighted by Gasteiger charge is 2.47. The summed E-state index contributed by atoms with van der Waals surface area (Å²) < 4.78 is 52.9. The minimum atomic E-state index is -3.98. The van der Waals surface area contributed by atoms with Gasteiger partial charge in [-0.3, -0.25) is 9.59 Å². The third kappa shape index (κ3) is 9.15. The first-order valence-electron chi connectivity index (χ1n) is 17.9. The number of aryl methyl sites for hydroxylation is 2. The fourth-order valence-corrected chi connectivity index (χ4v) is 8.75. The largest absolute Gasteiger partial charge is 0.444 e. The number of benzene rings is 1. The van der Waals surface area contributed by atoms with Crippen LogP contribution in [-0.4, -0.2) is 67.1 Å². The molecule has 3 atom stereocenters. The smallest absolute Gasteiger partial charge is 0.407 e. The van der Waals surface area contributed by atoms with E-state index < -0.39 is 40.5 Å². The van der Waals surface area contributed by atoms with Gasteiger partial charge in [0, 0.05) is 18.2 Å². The predicted molar refractivity (Wildman–Crippen MR) is 187 cm³/mol. The number of anilines is 2. The molecule has 0 radical (unpaired) electrons. The predicted octanol–water partition coefficient (Wildman–Crippen LogP) is 6.50. The van der Waals surface area contributed by atoms with E-state index in [1.54, 1.807) is 39.5 Å². The molecule has 2 heterocycles. The van der Waals surface area contributed by atoms with E-state index in [1.807, 2.05) is 0 Å². The number of amides is 3. The van der Waals surface area contributed by atoms with Crippen LogP contribution in [0, 0.1) is 37.5 Å².